The second-order valence-corrected chi connectivity index (χ2v) is 5.93. The van der Waals surface area contributed by atoms with Gasteiger partial charge in [0.25, 0.3) is 0 Å². The summed E-state index contributed by atoms with van der Waals surface area (Å²) in [6, 6.07) is 6.30. The highest BCUT2D eigenvalue weighted by Crippen LogP contribution is 2.25. The molecule has 84 valence electrons. The van der Waals surface area contributed by atoms with Gasteiger partial charge >= 0.3 is 0 Å². The number of halogens is 3. The van der Waals surface area contributed by atoms with Gasteiger partial charge in [0.2, 0.25) is 0 Å². The Labute approximate surface area is 110 Å². The maximum Gasteiger partial charge on any atom is 0.125 e. The van der Waals surface area contributed by atoms with Gasteiger partial charge in [0.15, 0.2) is 0 Å². The summed E-state index contributed by atoms with van der Waals surface area (Å²) >= 11 is 10.9. The number of rotatable bonds is 3. The molecule has 1 N–H and O–H groups in total. The van der Waals surface area contributed by atoms with Crippen LogP contribution in [0.4, 0.5) is 10.1 Å². The number of nitrogens with one attached hydrogen (secondary N) is 1. The lowest BCUT2D eigenvalue weighted by Crippen LogP contribution is -1.99. The van der Waals surface area contributed by atoms with Gasteiger partial charge in [-0.15, -0.1) is 11.3 Å². The van der Waals surface area contributed by atoms with Crippen LogP contribution in [-0.4, -0.2) is 0 Å². The van der Waals surface area contributed by atoms with Gasteiger partial charge < -0.3 is 5.32 Å². The lowest BCUT2D eigenvalue weighted by atomic mass is 10.3. The lowest BCUT2D eigenvalue weighted by Gasteiger charge is -2.07. The number of hydrogen-bond acceptors (Lipinski definition) is 2. The van der Waals surface area contributed by atoms with Crippen LogP contribution in [0.15, 0.2) is 33.4 Å². The minimum atomic E-state index is -0.293. The molecule has 0 amide bonds. The molecule has 0 radical (unpaired) electrons. The van der Waals surface area contributed by atoms with E-state index in [2.05, 4.69) is 21.2 Å². The van der Waals surface area contributed by atoms with Crippen LogP contribution >= 0.6 is 38.9 Å². The minimum Gasteiger partial charge on any atom is -0.380 e. The number of thiophene rings is 1. The first kappa shape index (κ1) is 11.9. The molecule has 1 heterocycles. The first-order chi connectivity index (χ1) is 7.65. The van der Waals surface area contributed by atoms with E-state index in [-0.39, 0.29) is 5.82 Å². The Kier molecular flexibility index (Phi) is 3.84. The fourth-order valence-electron chi connectivity index (χ4n) is 1.27. The Balaban J connectivity index is 2.07. The third-order valence-electron chi connectivity index (χ3n) is 2.03. The normalized spacial score (nSPS) is 10.4. The first-order valence-electron chi connectivity index (χ1n) is 4.57. The summed E-state index contributed by atoms with van der Waals surface area (Å²) in [5, 5.41) is 5.65. The molecule has 0 atom stereocenters. The van der Waals surface area contributed by atoms with E-state index in [9.17, 15) is 4.39 Å². The molecule has 0 unspecified atom stereocenters. The summed E-state index contributed by atoms with van der Waals surface area (Å²) in [4.78, 5) is 0. The van der Waals surface area contributed by atoms with Crippen LogP contribution in [0.5, 0.6) is 0 Å². The van der Waals surface area contributed by atoms with Gasteiger partial charge in [0.05, 0.1) is 14.5 Å². The summed E-state index contributed by atoms with van der Waals surface area (Å²) in [5.74, 6) is -0.293. The van der Waals surface area contributed by atoms with Crippen LogP contribution in [0.2, 0.25) is 5.02 Å². The van der Waals surface area contributed by atoms with Crippen molar-refractivity contribution in [2.24, 2.45) is 0 Å². The first-order valence-corrected chi connectivity index (χ1v) is 6.62. The van der Waals surface area contributed by atoms with Gasteiger partial charge in [0, 0.05) is 6.54 Å². The Hall–Kier alpha value is -0.580. The fraction of sp³-hybridized carbons (Fsp3) is 0.0909. The third-order valence-corrected chi connectivity index (χ3v) is 3.92. The minimum absolute atomic E-state index is 0.293. The molecule has 0 saturated heterocycles. The monoisotopic (exact) mass is 319 g/mol. The van der Waals surface area contributed by atoms with Crippen molar-refractivity contribution in [2.75, 3.05) is 5.32 Å². The van der Waals surface area contributed by atoms with Crippen molar-refractivity contribution in [3.8, 4) is 0 Å². The van der Waals surface area contributed by atoms with Crippen molar-refractivity contribution in [1.29, 1.82) is 0 Å². The van der Waals surface area contributed by atoms with Gasteiger partial charge in [-0.25, -0.2) is 4.39 Å². The van der Waals surface area contributed by atoms with Crippen molar-refractivity contribution in [3.63, 3.8) is 0 Å². The summed E-state index contributed by atoms with van der Waals surface area (Å²) < 4.78 is 14.1. The summed E-state index contributed by atoms with van der Waals surface area (Å²) in [6.45, 7) is 0.630. The lowest BCUT2D eigenvalue weighted by molar-refractivity contribution is 0.628. The van der Waals surface area contributed by atoms with Gasteiger partial charge in [-0.3, -0.25) is 0 Å². The quantitative estimate of drug-likeness (QED) is 0.847. The van der Waals surface area contributed by atoms with Crippen LogP contribution in [0.25, 0.3) is 0 Å². The molecule has 1 aromatic carbocycles. The Morgan fingerprint density at radius 3 is 2.88 bits per heavy atom. The zero-order valence-electron chi connectivity index (χ0n) is 8.14. The molecule has 1 nitrogen and oxygen atoms in total. The smallest absolute Gasteiger partial charge is 0.125 e. The molecule has 0 aliphatic carbocycles. The topological polar surface area (TPSA) is 12.0 Å². The van der Waals surface area contributed by atoms with Gasteiger partial charge in [-0.05, 0) is 51.1 Å². The number of anilines is 1. The maximum atomic E-state index is 13.0. The molecular formula is C11H8BrClFNS. The van der Waals surface area contributed by atoms with E-state index in [0.29, 0.717) is 17.3 Å². The van der Waals surface area contributed by atoms with Crippen molar-refractivity contribution in [1.82, 2.24) is 0 Å². The highest BCUT2D eigenvalue weighted by atomic mass is 79.9. The predicted molar refractivity (Wildman–Crippen MR) is 70.8 cm³/mol. The molecule has 16 heavy (non-hydrogen) atoms. The molecule has 0 aliphatic rings. The van der Waals surface area contributed by atoms with E-state index in [4.69, 9.17) is 11.6 Å². The molecule has 0 aliphatic heterocycles. The summed E-state index contributed by atoms with van der Waals surface area (Å²) in [7, 11) is 0. The second kappa shape index (κ2) is 5.17. The molecule has 5 heteroatoms. The molecule has 0 fully saturated rings. The van der Waals surface area contributed by atoms with E-state index >= 15 is 0 Å². The molecule has 1 aromatic heterocycles. The SMILES string of the molecule is Fc1ccc(Cl)c(NCc2csc(Br)c2)c1. The van der Waals surface area contributed by atoms with Crippen LogP contribution in [0.3, 0.4) is 0 Å². The van der Waals surface area contributed by atoms with E-state index < -0.39 is 0 Å². The average molecular weight is 321 g/mol. The Morgan fingerprint density at radius 2 is 2.19 bits per heavy atom. The molecule has 0 bridgehead atoms. The van der Waals surface area contributed by atoms with E-state index in [1.165, 1.54) is 12.1 Å². The van der Waals surface area contributed by atoms with Gasteiger partial charge in [-0.2, -0.15) is 0 Å². The van der Waals surface area contributed by atoms with Crippen molar-refractivity contribution in [3.05, 3.63) is 49.8 Å². The van der Waals surface area contributed by atoms with E-state index in [0.717, 1.165) is 9.35 Å². The number of benzene rings is 1. The molecule has 2 aromatic rings. The van der Waals surface area contributed by atoms with Crippen molar-refractivity contribution >= 4 is 44.6 Å². The van der Waals surface area contributed by atoms with E-state index in [1.807, 2.05) is 11.4 Å². The molecule has 0 saturated carbocycles. The molecular weight excluding hydrogens is 313 g/mol. The summed E-state index contributed by atoms with van der Waals surface area (Å²) in [5.41, 5.74) is 1.75. The van der Waals surface area contributed by atoms with Gasteiger partial charge in [-0.1, -0.05) is 11.6 Å². The third kappa shape index (κ3) is 2.97. The van der Waals surface area contributed by atoms with Crippen LogP contribution in [-0.2, 0) is 6.54 Å². The van der Waals surface area contributed by atoms with Gasteiger partial charge in [0.1, 0.15) is 5.82 Å². The standard InChI is InChI=1S/C11H8BrClFNS/c12-11-3-7(6-16-11)5-15-10-4-8(14)1-2-9(10)13/h1-4,6,15H,5H2. The van der Waals surface area contributed by atoms with Crippen molar-refractivity contribution < 1.29 is 4.39 Å². The van der Waals surface area contributed by atoms with Crippen LogP contribution < -0.4 is 5.32 Å². The fourth-order valence-corrected chi connectivity index (χ4v) is 2.66. The van der Waals surface area contributed by atoms with Crippen LogP contribution in [0.1, 0.15) is 5.56 Å². The Bertz CT molecular complexity index is 500. The highest BCUT2D eigenvalue weighted by molar-refractivity contribution is 9.11. The number of hydrogen-bond donors (Lipinski definition) is 1. The Morgan fingerprint density at radius 1 is 1.38 bits per heavy atom. The maximum absolute atomic E-state index is 13.0. The van der Waals surface area contributed by atoms with Crippen LogP contribution in [0, 0.1) is 5.82 Å². The second-order valence-electron chi connectivity index (χ2n) is 3.24. The molecule has 2 rings (SSSR count). The zero-order chi connectivity index (χ0) is 11.5. The van der Waals surface area contributed by atoms with Crippen molar-refractivity contribution in [2.45, 2.75) is 6.54 Å². The predicted octanol–water partition coefficient (Wildman–Crippen LogP) is 4.92. The largest absolute Gasteiger partial charge is 0.380 e. The zero-order valence-corrected chi connectivity index (χ0v) is 11.3. The average Bonchev–Trinajstić information content (AvgIpc) is 2.66. The molecule has 0 spiro atoms. The summed E-state index contributed by atoms with van der Waals surface area (Å²) in [6.07, 6.45) is 0. The highest BCUT2D eigenvalue weighted by Gasteiger charge is 2.02. The van der Waals surface area contributed by atoms with E-state index in [1.54, 1.807) is 17.4 Å².